The average molecular weight is 355 g/mol. The molecule has 3 rings (SSSR count). The van der Waals surface area contributed by atoms with E-state index in [1.165, 1.54) is 7.11 Å². The van der Waals surface area contributed by atoms with E-state index in [1.807, 2.05) is 30.5 Å². The number of hydrogen-bond acceptors (Lipinski definition) is 4. The Bertz CT molecular complexity index is 758. The molecule has 1 aromatic heterocycles. The molecule has 0 radical (unpaired) electrons. The van der Waals surface area contributed by atoms with Crippen molar-refractivity contribution in [1.29, 1.82) is 0 Å². The summed E-state index contributed by atoms with van der Waals surface area (Å²) in [7, 11) is 1.37. The molecule has 0 bridgehead atoms. The van der Waals surface area contributed by atoms with Crippen LogP contribution in [0.25, 0.3) is 0 Å². The van der Waals surface area contributed by atoms with Crippen LogP contribution >= 0.6 is 12.2 Å². The number of pyridine rings is 1. The molecule has 1 saturated carbocycles. The SMILES string of the molecule is COC(=O)c1cccc(NC(=S)NC2(c3ccccn3)CCCC2)c1. The number of nitrogens with one attached hydrogen (secondary N) is 2. The van der Waals surface area contributed by atoms with Crippen LogP contribution in [0, 0.1) is 0 Å². The molecule has 1 aliphatic carbocycles. The molecular formula is C19H21N3O2S. The molecule has 6 heteroatoms. The highest BCUT2D eigenvalue weighted by molar-refractivity contribution is 7.80. The molecule has 0 spiro atoms. The summed E-state index contributed by atoms with van der Waals surface area (Å²) in [4.78, 5) is 16.2. The third-order valence-electron chi connectivity index (χ3n) is 4.51. The maximum absolute atomic E-state index is 11.7. The molecule has 1 heterocycles. The topological polar surface area (TPSA) is 63.2 Å². The van der Waals surface area contributed by atoms with Crippen LogP contribution in [0.5, 0.6) is 0 Å². The van der Waals surface area contributed by atoms with E-state index in [9.17, 15) is 4.79 Å². The van der Waals surface area contributed by atoms with Crippen LogP contribution < -0.4 is 10.6 Å². The molecule has 0 amide bonds. The minimum atomic E-state index is -0.372. The molecule has 1 aliphatic rings. The molecule has 0 unspecified atom stereocenters. The molecule has 2 aromatic rings. The first-order chi connectivity index (χ1) is 12.1. The molecule has 5 nitrogen and oxygen atoms in total. The smallest absolute Gasteiger partial charge is 0.337 e. The van der Waals surface area contributed by atoms with E-state index in [0.29, 0.717) is 10.7 Å². The van der Waals surface area contributed by atoms with Gasteiger partial charge in [-0.25, -0.2) is 4.79 Å². The fraction of sp³-hybridized carbons (Fsp3) is 0.316. The zero-order valence-corrected chi connectivity index (χ0v) is 14.9. The van der Waals surface area contributed by atoms with Gasteiger partial charge in [-0.2, -0.15) is 0 Å². The maximum Gasteiger partial charge on any atom is 0.337 e. The Morgan fingerprint density at radius 1 is 1.20 bits per heavy atom. The summed E-state index contributed by atoms with van der Waals surface area (Å²) in [5.74, 6) is -0.372. The molecule has 0 atom stereocenters. The maximum atomic E-state index is 11.7. The largest absolute Gasteiger partial charge is 0.465 e. The highest BCUT2D eigenvalue weighted by Crippen LogP contribution is 2.37. The number of hydrogen-bond donors (Lipinski definition) is 2. The van der Waals surface area contributed by atoms with Gasteiger partial charge in [0.15, 0.2) is 5.11 Å². The van der Waals surface area contributed by atoms with Crippen LogP contribution in [0.3, 0.4) is 0 Å². The van der Waals surface area contributed by atoms with Crippen LogP contribution in [0.2, 0.25) is 0 Å². The lowest BCUT2D eigenvalue weighted by Gasteiger charge is -2.31. The van der Waals surface area contributed by atoms with Crippen molar-refractivity contribution >= 4 is 29.0 Å². The standard InChI is InChI=1S/C19H21N3O2S/c1-24-17(23)14-7-6-8-15(13-14)21-18(25)22-19(10-3-4-11-19)16-9-2-5-12-20-16/h2,5-9,12-13H,3-4,10-11H2,1H3,(H2,21,22,25). The molecule has 130 valence electrons. The first-order valence-corrected chi connectivity index (χ1v) is 8.73. The Morgan fingerprint density at radius 2 is 2.00 bits per heavy atom. The number of aromatic nitrogens is 1. The minimum Gasteiger partial charge on any atom is -0.465 e. The van der Waals surface area contributed by atoms with Gasteiger partial charge in [0.05, 0.1) is 23.9 Å². The number of nitrogens with zero attached hydrogens (tertiary/aromatic N) is 1. The summed E-state index contributed by atoms with van der Waals surface area (Å²) in [6.07, 6.45) is 6.09. The lowest BCUT2D eigenvalue weighted by atomic mass is 9.93. The number of anilines is 1. The zero-order valence-electron chi connectivity index (χ0n) is 14.1. The van der Waals surface area contributed by atoms with E-state index in [-0.39, 0.29) is 11.5 Å². The van der Waals surface area contributed by atoms with Crippen LogP contribution in [-0.2, 0) is 10.3 Å². The van der Waals surface area contributed by atoms with Gasteiger partial charge in [-0.1, -0.05) is 25.0 Å². The second-order valence-electron chi connectivity index (χ2n) is 6.16. The van der Waals surface area contributed by atoms with Crippen molar-refractivity contribution in [3.63, 3.8) is 0 Å². The van der Waals surface area contributed by atoms with Gasteiger partial charge in [0.2, 0.25) is 0 Å². The Kier molecular flexibility index (Phi) is 5.28. The van der Waals surface area contributed by atoms with Crippen molar-refractivity contribution in [1.82, 2.24) is 10.3 Å². The Balaban J connectivity index is 1.74. The van der Waals surface area contributed by atoms with Gasteiger partial charge >= 0.3 is 5.97 Å². The van der Waals surface area contributed by atoms with E-state index in [2.05, 4.69) is 15.6 Å². The van der Waals surface area contributed by atoms with E-state index < -0.39 is 0 Å². The second kappa shape index (κ2) is 7.61. The van der Waals surface area contributed by atoms with E-state index >= 15 is 0 Å². The number of thiocarbonyl (C=S) groups is 1. The lowest BCUT2D eigenvalue weighted by Crippen LogP contribution is -2.46. The first-order valence-electron chi connectivity index (χ1n) is 8.32. The van der Waals surface area contributed by atoms with E-state index in [4.69, 9.17) is 17.0 Å². The first kappa shape index (κ1) is 17.4. The van der Waals surface area contributed by atoms with E-state index in [1.54, 1.807) is 18.2 Å². The summed E-state index contributed by atoms with van der Waals surface area (Å²) in [6, 6.07) is 13.0. The zero-order chi connectivity index (χ0) is 17.7. The quantitative estimate of drug-likeness (QED) is 0.645. The van der Waals surface area contributed by atoms with Crippen molar-refractivity contribution in [3.05, 3.63) is 59.9 Å². The molecule has 2 N–H and O–H groups in total. The molecule has 0 aliphatic heterocycles. The molecule has 25 heavy (non-hydrogen) atoms. The van der Waals surface area contributed by atoms with Crippen molar-refractivity contribution in [2.24, 2.45) is 0 Å². The van der Waals surface area contributed by atoms with Crippen LogP contribution in [0.1, 0.15) is 41.7 Å². The van der Waals surface area contributed by atoms with Crippen LogP contribution in [0.4, 0.5) is 5.69 Å². The minimum absolute atomic E-state index is 0.231. The third kappa shape index (κ3) is 3.96. The van der Waals surface area contributed by atoms with Crippen LogP contribution in [0.15, 0.2) is 48.7 Å². The molecular weight excluding hydrogens is 334 g/mol. The number of esters is 1. The van der Waals surface area contributed by atoms with Crippen LogP contribution in [-0.4, -0.2) is 23.2 Å². The highest BCUT2D eigenvalue weighted by Gasteiger charge is 2.37. The molecule has 1 fully saturated rings. The van der Waals surface area contributed by atoms with E-state index in [0.717, 1.165) is 37.1 Å². The Morgan fingerprint density at radius 3 is 2.68 bits per heavy atom. The number of carbonyl (C=O) groups excluding carboxylic acids is 1. The fourth-order valence-electron chi connectivity index (χ4n) is 3.29. The lowest BCUT2D eigenvalue weighted by molar-refractivity contribution is 0.0601. The predicted octanol–water partition coefficient (Wildman–Crippen LogP) is 3.62. The molecule has 0 saturated heterocycles. The predicted molar refractivity (Wildman–Crippen MR) is 102 cm³/mol. The summed E-state index contributed by atoms with van der Waals surface area (Å²) < 4.78 is 4.75. The normalized spacial score (nSPS) is 15.4. The van der Waals surface area contributed by atoms with Gasteiger partial charge in [0.1, 0.15) is 0 Å². The van der Waals surface area contributed by atoms with Gasteiger partial charge in [0.25, 0.3) is 0 Å². The van der Waals surface area contributed by atoms with Gasteiger partial charge in [-0.05, 0) is 55.4 Å². The van der Waals surface area contributed by atoms with Crippen molar-refractivity contribution < 1.29 is 9.53 Å². The summed E-state index contributed by atoms with van der Waals surface area (Å²) in [5, 5.41) is 7.15. The number of methoxy groups -OCH3 is 1. The number of ether oxygens (including phenoxy) is 1. The third-order valence-corrected chi connectivity index (χ3v) is 4.71. The van der Waals surface area contributed by atoms with Crippen molar-refractivity contribution in [2.45, 2.75) is 31.2 Å². The van der Waals surface area contributed by atoms with Crippen molar-refractivity contribution in [3.8, 4) is 0 Å². The number of rotatable bonds is 4. The summed E-state index contributed by atoms with van der Waals surface area (Å²) >= 11 is 5.52. The summed E-state index contributed by atoms with van der Waals surface area (Å²) in [5.41, 5.74) is 2.01. The van der Waals surface area contributed by atoms with Crippen molar-refractivity contribution in [2.75, 3.05) is 12.4 Å². The highest BCUT2D eigenvalue weighted by atomic mass is 32.1. The summed E-state index contributed by atoms with van der Waals surface area (Å²) in [6.45, 7) is 0. The van der Waals surface area contributed by atoms with Gasteiger partial charge in [-0.3, -0.25) is 4.98 Å². The van der Waals surface area contributed by atoms with Gasteiger partial charge in [0, 0.05) is 11.9 Å². The Hall–Kier alpha value is -2.47. The number of carbonyl (C=O) groups is 1. The Labute approximate surface area is 152 Å². The average Bonchev–Trinajstić information content (AvgIpc) is 3.11. The van der Waals surface area contributed by atoms with Gasteiger partial charge < -0.3 is 15.4 Å². The number of benzene rings is 1. The monoisotopic (exact) mass is 355 g/mol. The van der Waals surface area contributed by atoms with Gasteiger partial charge in [-0.15, -0.1) is 0 Å². The molecule has 1 aromatic carbocycles. The fourth-order valence-corrected chi connectivity index (χ4v) is 3.60. The second-order valence-corrected chi connectivity index (χ2v) is 6.56.